The van der Waals surface area contributed by atoms with Crippen LogP contribution >= 0.6 is 0 Å². The molecule has 2 rings (SSSR count). The van der Waals surface area contributed by atoms with Crippen molar-refractivity contribution in [2.45, 2.75) is 38.8 Å². The Bertz CT molecular complexity index is 514. The summed E-state index contributed by atoms with van der Waals surface area (Å²) >= 11 is 0. The zero-order chi connectivity index (χ0) is 17.2. The summed E-state index contributed by atoms with van der Waals surface area (Å²) in [6.07, 6.45) is 1.77. The third-order valence-corrected chi connectivity index (χ3v) is 4.09. The Hall–Kier alpha value is -2.08. The van der Waals surface area contributed by atoms with Gasteiger partial charge in [-0.05, 0) is 25.3 Å². The average molecular weight is 333 g/mol. The average Bonchev–Trinajstić information content (AvgIpc) is 2.60. The SMILES string of the molecule is CCOC(=O)N1CCC(NC(=O)CCNCc2ccccc2)CC1. The second kappa shape index (κ2) is 9.93. The van der Waals surface area contributed by atoms with E-state index < -0.39 is 0 Å². The highest BCUT2D eigenvalue weighted by atomic mass is 16.6. The van der Waals surface area contributed by atoms with Gasteiger partial charge in [0.2, 0.25) is 5.91 Å². The highest BCUT2D eigenvalue weighted by Crippen LogP contribution is 2.11. The van der Waals surface area contributed by atoms with Crippen LogP contribution < -0.4 is 10.6 Å². The number of nitrogens with one attached hydrogen (secondary N) is 2. The second-order valence-electron chi connectivity index (χ2n) is 5.94. The van der Waals surface area contributed by atoms with Crippen LogP contribution in [0.4, 0.5) is 4.79 Å². The predicted octanol–water partition coefficient (Wildman–Crippen LogP) is 1.90. The first-order valence-electron chi connectivity index (χ1n) is 8.64. The van der Waals surface area contributed by atoms with Gasteiger partial charge >= 0.3 is 6.09 Å². The lowest BCUT2D eigenvalue weighted by molar-refractivity contribution is -0.122. The summed E-state index contributed by atoms with van der Waals surface area (Å²) in [6.45, 7) is 4.89. The topological polar surface area (TPSA) is 70.7 Å². The van der Waals surface area contributed by atoms with Crippen LogP contribution in [0.25, 0.3) is 0 Å². The van der Waals surface area contributed by atoms with Gasteiger partial charge in [-0.1, -0.05) is 30.3 Å². The van der Waals surface area contributed by atoms with Crippen LogP contribution in [0.5, 0.6) is 0 Å². The van der Waals surface area contributed by atoms with E-state index >= 15 is 0 Å². The molecule has 1 saturated heterocycles. The van der Waals surface area contributed by atoms with Gasteiger partial charge in [0.15, 0.2) is 0 Å². The van der Waals surface area contributed by atoms with Crippen molar-refractivity contribution in [3.63, 3.8) is 0 Å². The van der Waals surface area contributed by atoms with Gasteiger partial charge in [0, 0.05) is 38.6 Å². The summed E-state index contributed by atoms with van der Waals surface area (Å²) < 4.78 is 4.99. The molecule has 24 heavy (non-hydrogen) atoms. The molecule has 0 bridgehead atoms. The van der Waals surface area contributed by atoms with E-state index in [0.717, 1.165) is 19.4 Å². The Labute approximate surface area is 143 Å². The smallest absolute Gasteiger partial charge is 0.409 e. The molecule has 0 aliphatic carbocycles. The largest absolute Gasteiger partial charge is 0.450 e. The van der Waals surface area contributed by atoms with E-state index in [1.165, 1.54) is 5.56 Å². The Kier molecular flexibility index (Phi) is 7.55. The Morgan fingerprint density at radius 2 is 1.92 bits per heavy atom. The van der Waals surface area contributed by atoms with Gasteiger partial charge in [-0.15, -0.1) is 0 Å². The summed E-state index contributed by atoms with van der Waals surface area (Å²) in [5.41, 5.74) is 1.21. The molecule has 0 spiro atoms. The van der Waals surface area contributed by atoms with E-state index in [0.29, 0.717) is 32.7 Å². The molecule has 1 aliphatic heterocycles. The third-order valence-electron chi connectivity index (χ3n) is 4.09. The molecule has 2 N–H and O–H groups in total. The highest BCUT2D eigenvalue weighted by Gasteiger charge is 2.24. The van der Waals surface area contributed by atoms with Crippen molar-refractivity contribution in [3.05, 3.63) is 35.9 Å². The number of likely N-dealkylation sites (tertiary alicyclic amines) is 1. The van der Waals surface area contributed by atoms with Crippen LogP contribution in [-0.2, 0) is 16.1 Å². The van der Waals surface area contributed by atoms with Gasteiger partial charge in [0.1, 0.15) is 0 Å². The van der Waals surface area contributed by atoms with Crippen molar-refractivity contribution in [2.75, 3.05) is 26.2 Å². The fourth-order valence-electron chi connectivity index (χ4n) is 2.75. The first kappa shape index (κ1) is 18.3. The molecular formula is C18H27N3O3. The Morgan fingerprint density at radius 1 is 1.21 bits per heavy atom. The number of amides is 2. The maximum absolute atomic E-state index is 12.0. The van der Waals surface area contributed by atoms with Crippen molar-refractivity contribution in [2.24, 2.45) is 0 Å². The molecule has 0 unspecified atom stereocenters. The maximum atomic E-state index is 12.0. The molecule has 6 heteroatoms. The van der Waals surface area contributed by atoms with Crippen molar-refractivity contribution in [1.82, 2.24) is 15.5 Å². The molecule has 0 atom stereocenters. The molecule has 1 aromatic rings. The van der Waals surface area contributed by atoms with E-state index in [9.17, 15) is 9.59 Å². The predicted molar refractivity (Wildman–Crippen MR) is 92.5 cm³/mol. The van der Waals surface area contributed by atoms with Gasteiger partial charge in [-0.2, -0.15) is 0 Å². The van der Waals surface area contributed by atoms with Crippen molar-refractivity contribution < 1.29 is 14.3 Å². The van der Waals surface area contributed by atoms with Crippen LogP contribution in [0.2, 0.25) is 0 Å². The molecule has 1 fully saturated rings. The number of carbonyl (C=O) groups is 2. The highest BCUT2D eigenvalue weighted by molar-refractivity contribution is 5.76. The molecule has 1 heterocycles. The third kappa shape index (κ3) is 6.20. The zero-order valence-electron chi connectivity index (χ0n) is 14.3. The number of rotatable bonds is 7. The molecule has 1 aliphatic rings. The first-order valence-corrected chi connectivity index (χ1v) is 8.64. The van der Waals surface area contributed by atoms with Gasteiger partial charge in [-0.3, -0.25) is 4.79 Å². The van der Waals surface area contributed by atoms with E-state index in [1.54, 1.807) is 11.8 Å². The molecule has 1 aromatic carbocycles. The molecular weight excluding hydrogens is 306 g/mol. The molecule has 2 amide bonds. The van der Waals surface area contributed by atoms with Crippen molar-refractivity contribution in [3.8, 4) is 0 Å². The Morgan fingerprint density at radius 3 is 2.58 bits per heavy atom. The summed E-state index contributed by atoms with van der Waals surface area (Å²) in [6, 6.07) is 10.3. The fraction of sp³-hybridized carbons (Fsp3) is 0.556. The van der Waals surface area contributed by atoms with Gasteiger partial charge in [0.25, 0.3) is 0 Å². The maximum Gasteiger partial charge on any atom is 0.409 e. The van der Waals surface area contributed by atoms with Crippen LogP contribution in [-0.4, -0.2) is 49.2 Å². The lowest BCUT2D eigenvalue weighted by Crippen LogP contribution is -2.47. The standard InChI is InChI=1S/C18H27N3O3/c1-2-24-18(23)21-12-9-16(10-13-21)20-17(22)8-11-19-14-15-6-4-3-5-7-15/h3-7,16,19H,2,8-14H2,1H3,(H,20,22). The van der Waals surface area contributed by atoms with E-state index in [1.807, 2.05) is 18.2 Å². The van der Waals surface area contributed by atoms with E-state index in [2.05, 4.69) is 22.8 Å². The first-order chi connectivity index (χ1) is 11.7. The quantitative estimate of drug-likeness (QED) is 0.748. The number of piperidine rings is 1. The van der Waals surface area contributed by atoms with Crippen LogP contribution in [0.15, 0.2) is 30.3 Å². The fourth-order valence-corrected chi connectivity index (χ4v) is 2.75. The lowest BCUT2D eigenvalue weighted by atomic mass is 10.1. The molecule has 0 saturated carbocycles. The monoisotopic (exact) mass is 333 g/mol. The molecule has 0 radical (unpaired) electrons. The summed E-state index contributed by atoms with van der Waals surface area (Å²) in [7, 11) is 0. The number of hydrogen-bond acceptors (Lipinski definition) is 4. The molecule has 6 nitrogen and oxygen atoms in total. The normalized spacial score (nSPS) is 15.1. The zero-order valence-corrected chi connectivity index (χ0v) is 14.3. The van der Waals surface area contributed by atoms with Gasteiger partial charge < -0.3 is 20.3 Å². The number of nitrogens with zero attached hydrogens (tertiary/aromatic N) is 1. The minimum Gasteiger partial charge on any atom is -0.450 e. The molecule has 132 valence electrons. The van der Waals surface area contributed by atoms with E-state index in [-0.39, 0.29) is 18.0 Å². The number of benzene rings is 1. The van der Waals surface area contributed by atoms with E-state index in [4.69, 9.17) is 4.74 Å². The van der Waals surface area contributed by atoms with Crippen molar-refractivity contribution >= 4 is 12.0 Å². The lowest BCUT2D eigenvalue weighted by Gasteiger charge is -2.31. The minimum atomic E-state index is -0.257. The number of carbonyl (C=O) groups excluding carboxylic acids is 2. The Balaban J connectivity index is 1.57. The number of ether oxygens (including phenoxy) is 1. The van der Waals surface area contributed by atoms with Crippen LogP contribution in [0, 0.1) is 0 Å². The minimum absolute atomic E-state index is 0.0603. The van der Waals surface area contributed by atoms with Crippen molar-refractivity contribution in [1.29, 1.82) is 0 Å². The number of hydrogen-bond donors (Lipinski definition) is 2. The summed E-state index contributed by atoms with van der Waals surface area (Å²) in [5, 5.41) is 6.33. The van der Waals surface area contributed by atoms with Crippen LogP contribution in [0.3, 0.4) is 0 Å². The molecule has 0 aromatic heterocycles. The second-order valence-corrected chi connectivity index (χ2v) is 5.94. The summed E-state index contributed by atoms with van der Waals surface area (Å²) in [4.78, 5) is 25.3. The van der Waals surface area contributed by atoms with Gasteiger partial charge in [0.05, 0.1) is 6.61 Å². The summed E-state index contributed by atoms with van der Waals surface area (Å²) in [5.74, 6) is 0.0603. The van der Waals surface area contributed by atoms with Crippen LogP contribution in [0.1, 0.15) is 31.7 Å². The van der Waals surface area contributed by atoms with Gasteiger partial charge in [-0.25, -0.2) is 4.79 Å².